The standard InChI is InChI=1S/C10H22O3S/c1-2-3-4-5-6-7-8-9-10(11)14(12)13/h10-11H,2-9H2,1H3,(H,12,13). The number of aliphatic hydroxyl groups excluding tert-OH is 1. The van der Waals surface area contributed by atoms with Gasteiger partial charge in [0, 0.05) is 0 Å². The van der Waals surface area contributed by atoms with Crippen LogP contribution in [-0.2, 0) is 11.1 Å². The first kappa shape index (κ1) is 14.1. The van der Waals surface area contributed by atoms with E-state index < -0.39 is 16.5 Å². The van der Waals surface area contributed by atoms with Crippen LogP contribution in [0.1, 0.15) is 58.3 Å². The van der Waals surface area contributed by atoms with Gasteiger partial charge in [-0.15, -0.1) is 0 Å². The highest BCUT2D eigenvalue weighted by Crippen LogP contribution is 2.10. The average molecular weight is 222 g/mol. The van der Waals surface area contributed by atoms with Gasteiger partial charge in [0.05, 0.1) is 0 Å². The van der Waals surface area contributed by atoms with Crippen LogP contribution in [0, 0.1) is 0 Å². The lowest BCUT2D eigenvalue weighted by Gasteiger charge is -2.05. The molecule has 0 saturated carbocycles. The zero-order valence-electron chi connectivity index (χ0n) is 8.95. The second kappa shape index (κ2) is 9.62. The van der Waals surface area contributed by atoms with Crippen molar-refractivity contribution in [3.8, 4) is 0 Å². The van der Waals surface area contributed by atoms with Gasteiger partial charge in [-0.3, -0.25) is 0 Å². The quantitative estimate of drug-likeness (QED) is 0.466. The molecular weight excluding hydrogens is 200 g/mol. The molecule has 2 N–H and O–H groups in total. The zero-order valence-corrected chi connectivity index (χ0v) is 9.76. The third-order valence-electron chi connectivity index (χ3n) is 2.29. The molecule has 2 atom stereocenters. The Hall–Kier alpha value is 0.0700. The highest BCUT2D eigenvalue weighted by molar-refractivity contribution is 7.79. The topological polar surface area (TPSA) is 57.5 Å². The summed E-state index contributed by atoms with van der Waals surface area (Å²) in [6, 6.07) is 0. The van der Waals surface area contributed by atoms with E-state index in [1.54, 1.807) is 0 Å². The molecule has 0 fully saturated rings. The van der Waals surface area contributed by atoms with Crippen molar-refractivity contribution in [2.75, 3.05) is 0 Å². The highest BCUT2D eigenvalue weighted by Gasteiger charge is 2.08. The van der Waals surface area contributed by atoms with Crippen LogP contribution in [0.2, 0.25) is 0 Å². The molecule has 14 heavy (non-hydrogen) atoms. The van der Waals surface area contributed by atoms with Crippen LogP contribution in [0.4, 0.5) is 0 Å². The molecule has 0 aliphatic carbocycles. The molecule has 0 aromatic heterocycles. The van der Waals surface area contributed by atoms with Crippen LogP contribution in [0.3, 0.4) is 0 Å². The number of rotatable bonds is 9. The van der Waals surface area contributed by atoms with Gasteiger partial charge in [0.1, 0.15) is 0 Å². The lowest BCUT2D eigenvalue weighted by molar-refractivity contribution is 0.230. The van der Waals surface area contributed by atoms with Gasteiger partial charge in [0.25, 0.3) is 0 Å². The van der Waals surface area contributed by atoms with E-state index in [1.807, 2.05) is 0 Å². The number of unbranched alkanes of at least 4 members (excludes halogenated alkanes) is 6. The van der Waals surface area contributed by atoms with Crippen molar-refractivity contribution in [2.45, 2.75) is 63.7 Å². The summed E-state index contributed by atoms with van der Waals surface area (Å²) in [4.78, 5) is 0. The average Bonchev–Trinajstić information content (AvgIpc) is 2.16. The van der Waals surface area contributed by atoms with Gasteiger partial charge in [0.15, 0.2) is 16.5 Å². The van der Waals surface area contributed by atoms with E-state index in [1.165, 1.54) is 32.1 Å². The molecule has 0 aromatic carbocycles. The van der Waals surface area contributed by atoms with Crippen LogP contribution in [0.15, 0.2) is 0 Å². The van der Waals surface area contributed by atoms with Crippen LogP contribution >= 0.6 is 0 Å². The predicted molar refractivity (Wildman–Crippen MR) is 59.4 cm³/mol. The lowest BCUT2D eigenvalue weighted by atomic mass is 10.1. The summed E-state index contributed by atoms with van der Waals surface area (Å²) >= 11 is -2.07. The van der Waals surface area contributed by atoms with E-state index in [4.69, 9.17) is 9.66 Å². The molecule has 0 saturated heterocycles. The first-order valence-corrected chi connectivity index (χ1v) is 6.63. The Morgan fingerprint density at radius 2 is 1.57 bits per heavy atom. The molecule has 0 aliphatic rings. The van der Waals surface area contributed by atoms with Gasteiger partial charge in [-0.25, -0.2) is 4.21 Å². The fourth-order valence-electron chi connectivity index (χ4n) is 1.38. The van der Waals surface area contributed by atoms with Crippen LogP contribution in [0.25, 0.3) is 0 Å². The maximum absolute atomic E-state index is 10.4. The van der Waals surface area contributed by atoms with Crippen molar-refractivity contribution in [1.82, 2.24) is 0 Å². The number of hydrogen-bond acceptors (Lipinski definition) is 2. The van der Waals surface area contributed by atoms with Gasteiger partial charge < -0.3 is 9.66 Å². The maximum Gasteiger partial charge on any atom is 0.182 e. The molecule has 2 unspecified atom stereocenters. The summed E-state index contributed by atoms with van der Waals surface area (Å²) in [5.74, 6) is 0. The minimum absolute atomic E-state index is 0.441. The molecular formula is C10H22O3S. The van der Waals surface area contributed by atoms with Crippen LogP contribution in [-0.4, -0.2) is 19.3 Å². The normalized spacial score (nSPS) is 15.4. The summed E-state index contributed by atoms with van der Waals surface area (Å²) in [6.07, 6.45) is 8.59. The Morgan fingerprint density at radius 3 is 2.07 bits per heavy atom. The summed E-state index contributed by atoms with van der Waals surface area (Å²) in [5.41, 5.74) is -1.05. The van der Waals surface area contributed by atoms with Crippen molar-refractivity contribution >= 4 is 11.1 Å². The molecule has 4 heteroatoms. The smallest absolute Gasteiger partial charge is 0.182 e. The van der Waals surface area contributed by atoms with Crippen LogP contribution < -0.4 is 0 Å². The zero-order chi connectivity index (χ0) is 10.8. The van der Waals surface area contributed by atoms with Gasteiger partial charge >= 0.3 is 0 Å². The van der Waals surface area contributed by atoms with E-state index in [9.17, 15) is 4.21 Å². The third-order valence-corrected chi connectivity index (χ3v) is 2.99. The van der Waals surface area contributed by atoms with E-state index >= 15 is 0 Å². The SMILES string of the molecule is CCCCCCCCCC(O)S(=O)O. The van der Waals surface area contributed by atoms with E-state index in [0.29, 0.717) is 6.42 Å². The first-order valence-electron chi connectivity index (χ1n) is 5.46. The molecule has 0 heterocycles. The third kappa shape index (κ3) is 8.66. The Kier molecular flexibility index (Phi) is 9.67. The molecule has 0 radical (unpaired) electrons. The fourth-order valence-corrected chi connectivity index (χ4v) is 1.75. The van der Waals surface area contributed by atoms with Crippen molar-refractivity contribution in [1.29, 1.82) is 0 Å². The Morgan fingerprint density at radius 1 is 1.07 bits per heavy atom. The van der Waals surface area contributed by atoms with Gasteiger partial charge in [-0.2, -0.15) is 0 Å². The van der Waals surface area contributed by atoms with E-state index in [-0.39, 0.29) is 0 Å². The van der Waals surface area contributed by atoms with Crippen LogP contribution in [0.5, 0.6) is 0 Å². The molecule has 0 aliphatic heterocycles. The Balaban J connectivity index is 3.09. The monoisotopic (exact) mass is 222 g/mol. The second-order valence-electron chi connectivity index (χ2n) is 3.64. The Labute approximate surface area is 89.2 Å². The predicted octanol–water partition coefficient (Wildman–Crippen LogP) is 2.67. The second-order valence-corrected chi connectivity index (χ2v) is 4.74. The summed E-state index contributed by atoms with van der Waals surface area (Å²) in [7, 11) is 0. The summed E-state index contributed by atoms with van der Waals surface area (Å²) < 4.78 is 18.9. The molecule has 0 amide bonds. The molecule has 0 rings (SSSR count). The van der Waals surface area contributed by atoms with Crippen molar-refractivity contribution in [2.24, 2.45) is 0 Å². The van der Waals surface area contributed by atoms with Gasteiger partial charge in [-0.05, 0) is 12.8 Å². The fraction of sp³-hybridized carbons (Fsp3) is 1.00. The number of hydrogen-bond donors (Lipinski definition) is 2. The molecule has 86 valence electrons. The molecule has 0 bridgehead atoms. The minimum Gasteiger partial charge on any atom is -0.377 e. The van der Waals surface area contributed by atoms with Crippen molar-refractivity contribution < 1.29 is 13.9 Å². The van der Waals surface area contributed by atoms with Gasteiger partial charge in [0.2, 0.25) is 0 Å². The molecule has 0 aromatic rings. The Bertz CT molecular complexity index is 150. The minimum atomic E-state index is -2.07. The molecule has 0 spiro atoms. The number of aliphatic hydroxyl groups is 1. The van der Waals surface area contributed by atoms with Crippen molar-refractivity contribution in [3.63, 3.8) is 0 Å². The van der Waals surface area contributed by atoms with Crippen molar-refractivity contribution in [3.05, 3.63) is 0 Å². The molecule has 3 nitrogen and oxygen atoms in total. The van der Waals surface area contributed by atoms with E-state index in [0.717, 1.165) is 12.8 Å². The largest absolute Gasteiger partial charge is 0.377 e. The lowest BCUT2D eigenvalue weighted by Crippen LogP contribution is -2.12. The van der Waals surface area contributed by atoms with Gasteiger partial charge in [-0.1, -0.05) is 45.4 Å². The summed E-state index contributed by atoms with van der Waals surface area (Å²) in [5, 5.41) is 9.02. The first-order chi connectivity index (χ1) is 6.68. The maximum atomic E-state index is 10.4. The highest BCUT2D eigenvalue weighted by atomic mass is 32.2. The van der Waals surface area contributed by atoms with E-state index in [2.05, 4.69) is 6.92 Å². The summed E-state index contributed by atoms with van der Waals surface area (Å²) in [6.45, 7) is 2.19.